The SMILES string of the molecule is C[C@H](N)CCCc1cc(-c2cc3cn(-c4ccc([C@@H](CF)NCCCN=C(N)N)cc4)c(=O)nc3[nH]2)cc(C(F)(F)F)c1. The number of benzene rings is 2. The molecule has 2 atom stereocenters. The summed E-state index contributed by atoms with van der Waals surface area (Å²) >= 11 is 0. The van der Waals surface area contributed by atoms with Crippen molar-refractivity contribution in [2.75, 3.05) is 19.8 Å². The third-order valence-electron chi connectivity index (χ3n) is 7.01. The minimum absolute atomic E-state index is 0.00461. The fourth-order valence-electron chi connectivity index (χ4n) is 4.81. The molecular formula is C30H36F4N8O. The molecule has 4 rings (SSSR count). The Balaban J connectivity index is 1.57. The molecule has 0 unspecified atom stereocenters. The van der Waals surface area contributed by atoms with Crippen molar-refractivity contribution < 1.29 is 17.6 Å². The third kappa shape index (κ3) is 8.42. The maximum absolute atomic E-state index is 13.7. The molecule has 2 heterocycles. The van der Waals surface area contributed by atoms with Crippen molar-refractivity contribution in [3.8, 4) is 16.9 Å². The Morgan fingerprint density at radius 2 is 1.86 bits per heavy atom. The van der Waals surface area contributed by atoms with Crippen LogP contribution in [0.5, 0.6) is 0 Å². The van der Waals surface area contributed by atoms with Crippen molar-refractivity contribution in [1.29, 1.82) is 0 Å². The number of halogens is 4. The van der Waals surface area contributed by atoms with E-state index in [1.54, 1.807) is 42.6 Å². The summed E-state index contributed by atoms with van der Waals surface area (Å²) in [5, 5.41) is 3.66. The van der Waals surface area contributed by atoms with E-state index in [1.165, 1.54) is 4.57 Å². The number of aromatic nitrogens is 3. The van der Waals surface area contributed by atoms with E-state index < -0.39 is 30.1 Å². The van der Waals surface area contributed by atoms with Gasteiger partial charge in [0.25, 0.3) is 0 Å². The molecule has 230 valence electrons. The van der Waals surface area contributed by atoms with Gasteiger partial charge in [-0.05, 0) is 92.2 Å². The van der Waals surface area contributed by atoms with Crippen molar-refractivity contribution >= 4 is 17.0 Å². The average Bonchev–Trinajstić information content (AvgIpc) is 3.37. The van der Waals surface area contributed by atoms with Crippen LogP contribution in [0.25, 0.3) is 28.0 Å². The van der Waals surface area contributed by atoms with Gasteiger partial charge in [-0.2, -0.15) is 18.2 Å². The molecule has 0 radical (unpaired) electrons. The maximum atomic E-state index is 13.7. The van der Waals surface area contributed by atoms with Crippen molar-refractivity contribution in [3.05, 3.63) is 81.9 Å². The number of alkyl halides is 4. The standard InChI is InChI=1S/C30H36F4N8O/c1-18(35)4-2-5-19-12-21(14-23(13-19)30(32,33)34)25-15-22-17-42(29(43)41-27(22)40-25)24-8-6-20(7-9-24)26(16-31)38-10-3-11-39-28(36)37/h6-9,12-15,17-18,26,38H,2-5,10-11,16,35H2,1H3,(H4,36,37,39)(H,40,41,43)/t18-,26+/m0/s1. The molecule has 8 N–H and O–H groups in total. The van der Waals surface area contributed by atoms with Crippen LogP contribution in [-0.4, -0.2) is 46.3 Å². The van der Waals surface area contributed by atoms with Crippen molar-refractivity contribution in [2.45, 2.75) is 50.9 Å². The third-order valence-corrected chi connectivity index (χ3v) is 7.01. The molecule has 0 amide bonds. The number of aliphatic imine (C=N–C) groups is 1. The van der Waals surface area contributed by atoms with Gasteiger partial charge in [-0.1, -0.05) is 12.1 Å². The van der Waals surface area contributed by atoms with Gasteiger partial charge in [0.05, 0.1) is 17.3 Å². The maximum Gasteiger partial charge on any atom is 0.416 e. The van der Waals surface area contributed by atoms with Crippen molar-refractivity contribution in [3.63, 3.8) is 0 Å². The van der Waals surface area contributed by atoms with E-state index in [0.29, 0.717) is 72.2 Å². The number of nitrogens with one attached hydrogen (secondary N) is 2. The summed E-state index contributed by atoms with van der Waals surface area (Å²) < 4.78 is 56.2. The summed E-state index contributed by atoms with van der Waals surface area (Å²) in [6.07, 6.45) is -0.507. The zero-order valence-corrected chi connectivity index (χ0v) is 23.8. The molecule has 0 saturated carbocycles. The van der Waals surface area contributed by atoms with E-state index in [4.69, 9.17) is 17.2 Å². The average molecular weight is 601 g/mol. The Morgan fingerprint density at radius 3 is 2.51 bits per heavy atom. The van der Waals surface area contributed by atoms with Gasteiger partial charge in [-0.15, -0.1) is 0 Å². The summed E-state index contributed by atoms with van der Waals surface area (Å²) in [4.78, 5) is 23.9. The molecule has 2 aromatic heterocycles. The molecule has 4 aromatic rings. The van der Waals surface area contributed by atoms with Gasteiger partial charge in [-0.3, -0.25) is 9.56 Å². The first-order valence-corrected chi connectivity index (χ1v) is 14.0. The van der Waals surface area contributed by atoms with Crippen molar-refractivity contribution in [1.82, 2.24) is 19.9 Å². The Kier molecular flexibility index (Phi) is 10.2. The molecule has 0 spiro atoms. The highest BCUT2D eigenvalue weighted by Gasteiger charge is 2.31. The highest BCUT2D eigenvalue weighted by atomic mass is 19.4. The van der Waals surface area contributed by atoms with Gasteiger partial charge in [0.15, 0.2) is 5.96 Å². The van der Waals surface area contributed by atoms with Crippen LogP contribution in [0.2, 0.25) is 0 Å². The predicted octanol–water partition coefficient (Wildman–Crippen LogP) is 4.33. The number of nitrogens with two attached hydrogens (primary N) is 3. The molecule has 0 fully saturated rings. The number of H-pyrrole nitrogens is 1. The van der Waals surface area contributed by atoms with Gasteiger partial charge >= 0.3 is 11.9 Å². The normalized spacial score (nSPS) is 13.3. The first kappa shape index (κ1) is 31.7. The Bertz CT molecular complexity index is 1610. The second-order valence-corrected chi connectivity index (χ2v) is 10.6. The van der Waals surface area contributed by atoms with Gasteiger partial charge < -0.3 is 27.5 Å². The van der Waals surface area contributed by atoms with E-state index in [1.807, 2.05) is 6.92 Å². The van der Waals surface area contributed by atoms with Crippen LogP contribution in [0.1, 0.15) is 48.9 Å². The Hall–Kier alpha value is -4.23. The minimum atomic E-state index is -4.52. The number of hydrogen-bond acceptors (Lipinski definition) is 5. The molecule has 43 heavy (non-hydrogen) atoms. The molecule has 0 bridgehead atoms. The van der Waals surface area contributed by atoms with E-state index >= 15 is 0 Å². The van der Waals surface area contributed by atoms with Crippen LogP contribution in [0.3, 0.4) is 0 Å². The summed E-state index contributed by atoms with van der Waals surface area (Å²) in [6, 6.07) is 11.8. The van der Waals surface area contributed by atoms with E-state index in [0.717, 1.165) is 12.1 Å². The molecule has 13 heteroatoms. The Labute approximate surface area is 246 Å². The lowest BCUT2D eigenvalue weighted by Crippen LogP contribution is -2.26. The number of fused-ring (bicyclic) bond motifs is 1. The lowest BCUT2D eigenvalue weighted by molar-refractivity contribution is -0.137. The van der Waals surface area contributed by atoms with Crippen molar-refractivity contribution in [2.24, 2.45) is 22.2 Å². The lowest BCUT2D eigenvalue weighted by Gasteiger charge is -2.16. The topological polar surface area (TPSA) is 153 Å². The van der Waals surface area contributed by atoms with Gasteiger partial charge in [-0.25, -0.2) is 9.18 Å². The second kappa shape index (κ2) is 13.8. The zero-order chi connectivity index (χ0) is 31.1. The van der Waals surface area contributed by atoms with Crippen LogP contribution in [0.15, 0.2) is 64.5 Å². The van der Waals surface area contributed by atoms with Crippen LogP contribution in [0, 0.1) is 0 Å². The molecule has 2 aromatic carbocycles. The van der Waals surface area contributed by atoms with Gasteiger partial charge in [0.1, 0.15) is 12.3 Å². The molecule has 9 nitrogen and oxygen atoms in total. The van der Waals surface area contributed by atoms with E-state index in [-0.39, 0.29) is 17.6 Å². The number of aromatic amines is 1. The first-order chi connectivity index (χ1) is 20.4. The predicted molar refractivity (Wildman–Crippen MR) is 161 cm³/mol. The molecule has 0 aliphatic rings. The zero-order valence-electron chi connectivity index (χ0n) is 23.8. The number of hydrogen-bond donors (Lipinski definition) is 5. The van der Waals surface area contributed by atoms with Crippen LogP contribution >= 0.6 is 0 Å². The monoisotopic (exact) mass is 600 g/mol. The van der Waals surface area contributed by atoms with Gasteiger partial charge in [0.2, 0.25) is 0 Å². The van der Waals surface area contributed by atoms with Crippen LogP contribution < -0.4 is 28.2 Å². The first-order valence-electron chi connectivity index (χ1n) is 14.0. The summed E-state index contributed by atoms with van der Waals surface area (Å²) in [5.74, 6) is 0.00461. The number of rotatable bonds is 13. The molecule has 0 aliphatic heterocycles. The summed E-state index contributed by atoms with van der Waals surface area (Å²) in [5.41, 5.74) is 17.8. The molecule has 0 saturated heterocycles. The number of guanidine groups is 1. The van der Waals surface area contributed by atoms with Gasteiger partial charge in [0, 0.05) is 29.9 Å². The molecular weight excluding hydrogens is 564 g/mol. The lowest BCUT2D eigenvalue weighted by atomic mass is 9.99. The fraction of sp³-hybridized carbons (Fsp3) is 0.367. The highest BCUT2D eigenvalue weighted by Crippen LogP contribution is 2.34. The van der Waals surface area contributed by atoms with E-state index in [9.17, 15) is 22.4 Å². The summed E-state index contributed by atoms with van der Waals surface area (Å²) in [7, 11) is 0. The minimum Gasteiger partial charge on any atom is -0.370 e. The van der Waals surface area contributed by atoms with Crippen LogP contribution in [-0.2, 0) is 12.6 Å². The van der Waals surface area contributed by atoms with Crippen LogP contribution in [0.4, 0.5) is 17.6 Å². The number of nitrogens with zero attached hydrogens (tertiary/aromatic N) is 3. The largest absolute Gasteiger partial charge is 0.416 e. The fourth-order valence-corrected chi connectivity index (χ4v) is 4.81. The number of aryl methyl sites for hydroxylation is 1. The molecule has 0 aliphatic carbocycles. The smallest absolute Gasteiger partial charge is 0.370 e. The second-order valence-electron chi connectivity index (χ2n) is 10.6. The summed E-state index contributed by atoms with van der Waals surface area (Å²) in [6.45, 7) is 2.16. The quantitative estimate of drug-likeness (QED) is 0.0666. The Morgan fingerprint density at radius 1 is 1.12 bits per heavy atom. The van der Waals surface area contributed by atoms with E-state index in [2.05, 4.69) is 20.3 Å². The highest BCUT2D eigenvalue weighted by molar-refractivity contribution is 5.82.